The van der Waals surface area contributed by atoms with Crippen LogP contribution in [0.15, 0.2) is 182 Å². The third-order valence-corrected chi connectivity index (χ3v) is 19.1. The number of fused-ring (bicyclic) bond motifs is 21. The fourth-order valence-electron chi connectivity index (χ4n) is 15.3. The normalized spacial score (nSPS) is 18.7. The van der Waals surface area contributed by atoms with Crippen molar-refractivity contribution in [3.63, 3.8) is 0 Å². The average molecular weight is 933 g/mol. The Kier molecular flexibility index (Phi) is 7.55. The van der Waals surface area contributed by atoms with Crippen LogP contribution in [0.1, 0.15) is 121 Å². The monoisotopic (exact) mass is 932 g/mol. The Labute approximate surface area is 425 Å². The van der Waals surface area contributed by atoms with Crippen molar-refractivity contribution in [3.8, 4) is 67.0 Å². The SMILES string of the molecule is CC1c2ccccc2-c2cc3c4cc5c(cc4n(-c4ccc6c(c4)C(C)(C)c4cc(-n7c8cc9c(cc8c8cc%10c(cc87)C(C)c7ccccc7-%10)-c7ccccc7C9C)ccc4-6)c3cc21)C(C)c1ccccc1-5. The minimum absolute atomic E-state index is 0.252. The van der Waals surface area contributed by atoms with Crippen LogP contribution in [0.4, 0.5) is 0 Å². The van der Waals surface area contributed by atoms with Gasteiger partial charge in [-0.05, 0) is 184 Å². The maximum atomic E-state index is 2.61. The average Bonchev–Trinajstić information content (AvgIpc) is 4.29. The molecule has 0 amide bonds. The molecule has 0 saturated carbocycles. The molecule has 12 aromatic rings. The first kappa shape index (κ1) is 40.4. The Morgan fingerprint density at radius 2 is 0.548 bits per heavy atom. The highest BCUT2D eigenvalue weighted by atomic mass is 15.0. The number of hydrogen-bond donors (Lipinski definition) is 0. The lowest BCUT2D eigenvalue weighted by Gasteiger charge is -2.23. The van der Waals surface area contributed by atoms with Crippen molar-refractivity contribution in [1.29, 1.82) is 0 Å². The highest BCUT2D eigenvalue weighted by Crippen LogP contribution is 2.56. The van der Waals surface area contributed by atoms with Crippen LogP contribution in [-0.4, -0.2) is 9.13 Å². The number of benzene rings is 10. The van der Waals surface area contributed by atoms with Crippen LogP contribution in [0.2, 0.25) is 0 Å². The zero-order chi connectivity index (χ0) is 48.5. The fourth-order valence-corrected chi connectivity index (χ4v) is 15.3. The van der Waals surface area contributed by atoms with Gasteiger partial charge in [0.1, 0.15) is 0 Å². The van der Waals surface area contributed by atoms with E-state index in [0.717, 1.165) is 0 Å². The first-order valence-corrected chi connectivity index (χ1v) is 26.6. The molecule has 346 valence electrons. The summed E-state index contributed by atoms with van der Waals surface area (Å²) in [6, 6.07) is 71.1. The molecule has 2 heteroatoms. The predicted molar refractivity (Wildman–Crippen MR) is 304 cm³/mol. The smallest absolute Gasteiger partial charge is 0.0544 e. The van der Waals surface area contributed by atoms with Gasteiger partial charge in [0.25, 0.3) is 0 Å². The van der Waals surface area contributed by atoms with E-state index in [2.05, 4.69) is 233 Å². The largest absolute Gasteiger partial charge is 0.309 e. The highest BCUT2D eigenvalue weighted by molar-refractivity contribution is 6.15. The Balaban J connectivity index is 0.857. The second-order valence-electron chi connectivity index (χ2n) is 22.8. The van der Waals surface area contributed by atoms with Crippen LogP contribution in [0.25, 0.3) is 111 Å². The summed E-state index contributed by atoms with van der Waals surface area (Å²) < 4.78 is 5.21. The molecule has 4 unspecified atom stereocenters. The molecule has 0 fully saturated rings. The van der Waals surface area contributed by atoms with Gasteiger partial charge >= 0.3 is 0 Å². The van der Waals surface area contributed by atoms with Crippen molar-refractivity contribution < 1.29 is 0 Å². The summed E-state index contributed by atoms with van der Waals surface area (Å²) in [5.74, 6) is 1.32. The molecule has 10 aromatic carbocycles. The maximum absolute atomic E-state index is 2.61. The molecule has 0 spiro atoms. The van der Waals surface area contributed by atoms with Crippen molar-refractivity contribution in [2.24, 2.45) is 0 Å². The number of nitrogens with zero attached hydrogens (tertiary/aromatic N) is 2. The summed E-state index contributed by atoms with van der Waals surface area (Å²) >= 11 is 0. The molecule has 0 bridgehead atoms. The summed E-state index contributed by atoms with van der Waals surface area (Å²) in [5, 5.41) is 5.29. The minimum atomic E-state index is -0.252. The van der Waals surface area contributed by atoms with Crippen molar-refractivity contribution in [2.75, 3.05) is 0 Å². The molecule has 0 aliphatic heterocycles. The highest BCUT2D eigenvalue weighted by Gasteiger charge is 2.38. The van der Waals surface area contributed by atoms with E-state index in [9.17, 15) is 0 Å². The number of rotatable bonds is 2. The van der Waals surface area contributed by atoms with Gasteiger partial charge in [-0.15, -0.1) is 0 Å². The summed E-state index contributed by atoms with van der Waals surface area (Å²) in [6.45, 7) is 14.5. The van der Waals surface area contributed by atoms with Gasteiger partial charge in [0.05, 0.1) is 22.1 Å². The summed E-state index contributed by atoms with van der Waals surface area (Å²) in [4.78, 5) is 0. The van der Waals surface area contributed by atoms with Gasteiger partial charge in [-0.25, -0.2) is 0 Å². The molecule has 0 saturated heterocycles. The molecule has 73 heavy (non-hydrogen) atoms. The van der Waals surface area contributed by atoms with Crippen LogP contribution < -0.4 is 0 Å². The lowest BCUT2D eigenvalue weighted by Crippen LogP contribution is -2.16. The molecule has 2 nitrogen and oxygen atoms in total. The zero-order valence-electron chi connectivity index (χ0n) is 42.0. The Morgan fingerprint density at radius 3 is 0.836 bits per heavy atom. The van der Waals surface area contributed by atoms with E-state index in [1.165, 1.54) is 166 Å². The Morgan fingerprint density at radius 1 is 0.274 bits per heavy atom. The molecule has 4 atom stereocenters. The Hall–Kier alpha value is -8.20. The molecule has 5 aliphatic rings. The summed E-state index contributed by atoms with van der Waals surface area (Å²) in [5.41, 5.74) is 35.2. The summed E-state index contributed by atoms with van der Waals surface area (Å²) in [7, 11) is 0. The van der Waals surface area contributed by atoms with Gasteiger partial charge in [0.2, 0.25) is 0 Å². The third kappa shape index (κ3) is 4.95. The number of aromatic nitrogens is 2. The lowest BCUT2D eigenvalue weighted by molar-refractivity contribution is 0.659. The van der Waals surface area contributed by atoms with E-state index in [-0.39, 0.29) is 5.41 Å². The zero-order valence-corrected chi connectivity index (χ0v) is 42.0. The van der Waals surface area contributed by atoms with E-state index in [4.69, 9.17) is 0 Å². The second kappa shape index (κ2) is 13.6. The molecule has 2 aromatic heterocycles. The maximum Gasteiger partial charge on any atom is 0.0544 e. The molecular formula is C71H52N2. The van der Waals surface area contributed by atoms with Crippen LogP contribution in [0.5, 0.6) is 0 Å². The molecule has 5 aliphatic carbocycles. The van der Waals surface area contributed by atoms with Crippen molar-refractivity contribution in [3.05, 3.63) is 238 Å². The quantitative estimate of drug-likeness (QED) is 0.163. The van der Waals surface area contributed by atoms with Gasteiger partial charge in [0, 0.05) is 62.0 Å². The second-order valence-corrected chi connectivity index (χ2v) is 22.8. The van der Waals surface area contributed by atoms with Gasteiger partial charge in [-0.2, -0.15) is 0 Å². The standard InChI is InChI=1S/C71H52N2/c1-37-43-15-7-11-19-47(43)57-29-61-62-30-58-48-20-12-8-16-44(48)38(2)54(58)34-68(62)72(67(61)33-53(37)57)41-23-25-51-52-26-24-42(28-66(52)71(5,6)65(51)27-41)73-69-35-55-39(3)45-17-9-13-21-49(45)59(55)31-63(69)64-32-60-50-22-14-10-18-46(50)40(4)56(60)36-70(64)73/h7-40H,1-6H3. The van der Waals surface area contributed by atoms with E-state index in [1.807, 2.05) is 0 Å². The van der Waals surface area contributed by atoms with Crippen molar-refractivity contribution >= 4 is 43.6 Å². The van der Waals surface area contributed by atoms with Gasteiger partial charge in [-0.3, -0.25) is 0 Å². The van der Waals surface area contributed by atoms with Gasteiger partial charge in [0.15, 0.2) is 0 Å². The predicted octanol–water partition coefficient (Wildman–Crippen LogP) is 18.7. The Bertz CT molecular complexity index is 4030. The number of hydrogen-bond acceptors (Lipinski definition) is 0. The van der Waals surface area contributed by atoms with E-state index in [0.29, 0.717) is 23.7 Å². The molecule has 0 radical (unpaired) electrons. The van der Waals surface area contributed by atoms with E-state index in [1.54, 1.807) is 0 Å². The topological polar surface area (TPSA) is 9.86 Å². The van der Waals surface area contributed by atoms with Crippen molar-refractivity contribution in [2.45, 2.75) is 70.6 Å². The van der Waals surface area contributed by atoms with E-state index >= 15 is 0 Å². The van der Waals surface area contributed by atoms with E-state index < -0.39 is 0 Å². The minimum Gasteiger partial charge on any atom is -0.309 e. The third-order valence-electron chi connectivity index (χ3n) is 19.1. The van der Waals surface area contributed by atoms with Gasteiger partial charge in [-0.1, -0.05) is 151 Å². The van der Waals surface area contributed by atoms with Crippen molar-refractivity contribution in [1.82, 2.24) is 9.13 Å². The van der Waals surface area contributed by atoms with Crippen LogP contribution in [0, 0.1) is 0 Å². The first-order chi connectivity index (χ1) is 35.6. The van der Waals surface area contributed by atoms with Crippen LogP contribution >= 0.6 is 0 Å². The molecule has 17 rings (SSSR count). The van der Waals surface area contributed by atoms with Gasteiger partial charge < -0.3 is 9.13 Å². The van der Waals surface area contributed by atoms with Crippen LogP contribution in [0.3, 0.4) is 0 Å². The molecule has 2 heterocycles. The first-order valence-electron chi connectivity index (χ1n) is 26.6. The fraction of sp³-hybridized carbons (Fsp3) is 0.155. The lowest BCUT2D eigenvalue weighted by atomic mass is 9.82. The summed E-state index contributed by atoms with van der Waals surface area (Å²) in [6.07, 6.45) is 0. The van der Waals surface area contributed by atoms with Crippen LogP contribution in [-0.2, 0) is 5.41 Å². The molecule has 0 N–H and O–H groups in total. The molecular weight excluding hydrogens is 881 g/mol.